The van der Waals surface area contributed by atoms with Gasteiger partial charge in [-0.15, -0.1) is 0 Å². The second kappa shape index (κ2) is 5.87. The molecule has 0 atom stereocenters. The maximum atomic E-state index is 12.0. The van der Waals surface area contributed by atoms with E-state index in [0.717, 1.165) is 18.8 Å². The van der Waals surface area contributed by atoms with Crippen molar-refractivity contribution in [1.29, 1.82) is 0 Å². The van der Waals surface area contributed by atoms with Crippen molar-refractivity contribution in [3.05, 3.63) is 30.2 Å². The molecule has 1 fully saturated rings. The molecule has 1 aromatic rings. The summed E-state index contributed by atoms with van der Waals surface area (Å²) in [7, 11) is 0. The fraction of sp³-hybridized carbons (Fsp3) is 0.467. The Morgan fingerprint density at radius 3 is 2.53 bits per heavy atom. The fourth-order valence-corrected chi connectivity index (χ4v) is 2.31. The van der Waals surface area contributed by atoms with Gasteiger partial charge in [0.1, 0.15) is 0 Å². The SMILES string of the molecule is CC(C)C(=O)C(=CN)c1ccc(N2CCCC2)cn1. The topological polar surface area (TPSA) is 59.2 Å². The first-order valence-electron chi connectivity index (χ1n) is 6.81. The van der Waals surface area contributed by atoms with Crippen LogP contribution in [0.3, 0.4) is 0 Å². The van der Waals surface area contributed by atoms with E-state index in [-0.39, 0.29) is 11.7 Å². The van der Waals surface area contributed by atoms with Gasteiger partial charge in [-0.05, 0) is 25.0 Å². The highest BCUT2D eigenvalue weighted by Crippen LogP contribution is 2.22. The summed E-state index contributed by atoms with van der Waals surface area (Å²) in [4.78, 5) is 18.7. The van der Waals surface area contributed by atoms with Crippen molar-refractivity contribution in [1.82, 2.24) is 4.98 Å². The molecule has 1 aromatic heterocycles. The first kappa shape index (κ1) is 13.6. The molecule has 19 heavy (non-hydrogen) atoms. The minimum absolute atomic E-state index is 0.0314. The number of rotatable bonds is 4. The maximum absolute atomic E-state index is 12.0. The molecular formula is C15H21N3O. The second-order valence-corrected chi connectivity index (χ2v) is 5.20. The molecule has 0 aliphatic carbocycles. The molecule has 1 saturated heterocycles. The highest BCUT2D eigenvalue weighted by molar-refractivity contribution is 6.20. The minimum Gasteiger partial charge on any atom is -0.404 e. The van der Waals surface area contributed by atoms with Crippen LogP contribution in [0.5, 0.6) is 0 Å². The quantitative estimate of drug-likeness (QED) is 0.842. The maximum Gasteiger partial charge on any atom is 0.169 e. The van der Waals surface area contributed by atoms with Crippen LogP contribution < -0.4 is 10.6 Å². The van der Waals surface area contributed by atoms with Gasteiger partial charge in [0.05, 0.1) is 23.2 Å². The smallest absolute Gasteiger partial charge is 0.169 e. The fourth-order valence-electron chi connectivity index (χ4n) is 2.31. The van der Waals surface area contributed by atoms with Crippen molar-refractivity contribution in [2.75, 3.05) is 18.0 Å². The zero-order chi connectivity index (χ0) is 13.8. The van der Waals surface area contributed by atoms with E-state index in [4.69, 9.17) is 5.73 Å². The number of pyridine rings is 1. The highest BCUT2D eigenvalue weighted by Gasteiger charge is 2.17. The average Bonchev–Trinajstić information content (AvgIpc) is 2.94. The van der Waals surface area contributed by atoms with Crippen LogP contribution in [-0.4, -0.2) is 23.9 Å². The van der Waals surface area contributed by atoms with Crippen LogP contribution in [0.1, 0.15) is 32.4 Å². The number of hydrogen-bond acceptors (Lipinski definition) is 4. The third kappa shape index (κ3) is 2.95. The molecule has 0 amide bonds. The predicted molar refractivity (Wildman–Crippen MR) is 77.7 cm³/mol. The van der Waals surface area contributed by atoms with Gasteiger partial charge in [-0.3, -0.25) is 9.78 Å². The van der Waals surface area contributed by atoms with E-state index in [1.165, 1.54) is 19.0 Å². The number of allylic oxidation sites excluding steroid dienone is 1. The zero-order valence-corrected chi connectivity index (χ0v) is 11.6. The van der Waals surface area contributed by atoms with E-state index in [0.29, 0.717) is 11.3 Å². The van der Waals surface area contributed by atoms with E-state index in [1.807, 2.05) is 32.2 Å². The van der Waals surface area contributed by atoms with E-state index < -0.39 is 0 Å². The molecule has 1 aliphatic heterocycles. The number of aromatic nitrogens is 1. The molecule has 2 heterocycles. The number of carbonyl (C=O) groups excluding carboxylic acids is 1. The Hall–Kier alpha value is -1.84. The Balaban J connectivity index is 2.19. The van der Waals surface area contributed by atoms with Crippen molar-refractivity contribution < 1.29 is 4.79 Å². The average molecular weight is 259 g/mol. The van der Waals surface area contributed by atoms with Crippen LogP contribution in [0.25, 0.3) is 5.57 Å². The van der Waals surface area contributed by atoms with E-state index in [2.05, 4.69) is 9.88 Å². The monoisotopic (exact) mass is 259 g/mol. The Morgan fingerprint density at radius 1 is 1.37 bits per heavy atom. The summed E-state index contributed by atoms with van der Waals surface area (Å²) in [6.07, 6.45) is 5.67. The standard InChI is InChI=1S/C15H21N3O/c1-11(2)15(19)13(9-16)14-6-5-12(10-17-14)18-7-3-4-8-18/h5-6,9-11H,3-4,7-8,16H2,1-2H3. The molecule has 0 saturated carbocycles. The number of Topliss-reactive ketones (excluding diaryl/α,β-unsaturated/α-hetero) is 1. The Labute approximate surface area is 114 Å². The van der Waals surface area contributed by atoms with Crippen LogP contribution >= 0.6 is 0 Å². The van der Waals surface area contributed by atoms with Gasteiger partial charge in [-0.2, -0.15) is 0 Å². The summed E-state index contributed by atoms with van der Waals surface area (Å²) in [5, 5.41) is 0. The van der Waals surface area contributed by atoms with Crippen LogP contribution in [0.2, 0.25) is 0 Å². The summed E-state index contributed by atoms with van der Waals surface area (Å²) in [6.45, 7) is 5.91. The van der Waals surface area contributed by atoms with Crippen molar-refractivity contribution in [2.24, 2.45) is 11.7 Å². The van der Waals surface area contributed by atoms with Crippen molar-refractivity contribution >= 4 is 17.0 Å². The molecule has 2 N–H and O–H groups in total. The number of hydrogen-bond donors (Lipinski definition) is 1. The summed E-state index contributed by atoms with van der Waals surface area (Å²) in [5.41, 5.74) is 7.85. The predicted octanol–water partition coefficient (Wildman–Crippen LogP) is 2.21. The van der Waals surface area contributed by atoms with Crippen molar-refractivity contribution in [2.45, 2.75) is 26.7 Å². The largest absolute Gasteiger partial charge is 0.404 e. The lowest BCUT2D eigenvalue weighted by Gasteiger charge is -2.17. The van der Waals surface area contributed by atoms with Gasteiger partial charge in [0, 0.05) is 25.2 Å². The summed E-state index contributed by atoms with van der Waals surface area (Å²) in [6, 6.07) is 3.90. The first-order chi connectivity index (χ1) is 9.13. The van der Waals surface area contributed by atoms with Gasteiger partial charge in [-0.1, -0.05) is 13.8 Å². The summed E-state index contributed by atoms with van der Waals surface area (Å²) < 4.78 is 0. The molecule has 0 bridgehead atoms. The number of nitrogens with zero attached hydrogens (tertiary/aromatic N) is 2. The zero-order valence-electron chi connectivity index (χ0n) is 11.6. The molecule has 2 rings (SSSR count). The van der Waals surface area contributed by atoms with Crippen LogP contribution in [0, 0.1) is 5.92 Å². The summed E-state index contributed by atoms with van der Waals surface area (Å²) in [5.74, 6) is -0.0428. The minimum atomic E-state index is -0.0742. The molecule has 0 spiro atoms. The highest BCUT2D eigenvalue weighted by atomic mass is 16.1. The van der Waals surface area contributed by atoms with Gasteiger partial charge in [0.2, 0.25) is 0 Å². The van der Waals surface area contributed by atoms with Crippen LogP contribution in [-0.2, 0) is 4.79 Å². The van der Waals surface area contributed by atoms with Gasteiger partial charge in [0.15, 0.2) is 5.78 Å². The van der Waals surface area contributed by atoms with Gasteiger partial charge in [-0.25, -0.2) is 0 Å². The second-order valence-electron chi connectivity index (χ2n) is 5.20. The molecule has 0 aromatic carbocycles. The molecule has 1 aliphatic rings. The third-order valence-electron chi connectivity index (χ3n) is 3.45. The molecule has 4 heteroatoms. The number of anilines is 1. The van der Waals surface area contributed by atoms with Crippen molar-refractivity contribution in [3.63, 3.8) is 0 Å². The molecule has 4 nitrogen and oxygen atoms in total. The molecule has 0 radical (unpaired) electrons. The van der Waals surface area contributed by atoms with Crippen molar-refractivity contribution in [3.8, 4) is 0 Å². The van der Waals surface area contributed by atoms with Crippen LogP contribution in [0.4, 0.5) is 5.69 Å². The van der Waals surface area contributed by atoms with Gasteiger partial charge >= 0.3 is 0 Å². The van der Waals surface area contributed by atoms with Gasteiger partial charge < -0.3 is 10.6 Å². The molecular weight excluding hydrogens is 238 g/mol. The first-order valence-corrected chi connectivity index (χ1v) is 6.81. The van der Waals surface area contributed by atoms with E-state index in [1.54, 1.807) is 0 Å². The Morgan fingerprint density at radius 2 is 2.05 bits per heavy atom. The molecule has 102 valence electrons. The normalized spacial score (nSPS) is 16.2. The Kier molecular flexibility index (Phi) is 4.20. The van der Waals surface area contributed by atoms with Gasteiger partial charge in [0.25, 0.3) is 0 Å². The number of ketones is 1. The van der Waals surface area contributed by atoms with E-state index >= 15 is 0 Å². The lowest BCUT2D eigenvalue weighted by molar-refractivity contribution is -0.116. The number of carbonyl (C=O) groups is 1. The van der Waals surface area contributed by atoms with Crippen LogP contribution in [0.15, 0.2) is 24.5 Å². The lowest BCUT2D eigenvalue weighted by atomic mass is 9.99. The number of nitrogens with two attached hydrogens (primary N) is 1. The third-order valence-corrected chi connectivity index (χ3v) is 3.45. The molecule has 0 unspecified atom stereocenters. The summed E-state index contributed by atoms with van der Waals surface area (Å²) >= 11 is 0. The van der Waals surface area contributed by atoms with E-state index in [9.17, 15) is 4.79 Å². The lowest BCUT2D eigenvalue weighted by Crippen LogP contribution is -2.18. The Bertz CT molecular complexity index is 471.